The fourth-order valence-electron chi connectivity index (χ4n) is 3.40. The van der Waals surface area contributed by atoms with E-state index in [1.165, 1.54) is 0 Å². The zero-order valence-corrected chi connectivity index (χ0v) is 14.2. The molecule has 2 N–H and O–H groups in total. The number of aliphatic hydroxyl groups is 2. The zero-order chi connectivity index (χ0) is 17.7. The number of rotatable bonds is 2. The molecule has 0 amide bonds. The number of hydrogen-bond acceptors (Lipinski definition) is 4. The second-order valence-corrected chi connectivity index (χ2v) is 6.35. The molecule has 5 nitrogen and oxygen atoms in total. The van der Waals surface area contributed by atoms with Crippen molar-refractivity contribution in [3.05, 3.63) is 63.0 Å². The van der Waals surface area contributed by atoms with E-state index < -0.39 is 0 Å². The molecular formula is C19H15ClN2O3. The van der Waals surface area contributed by atoms with Crippen LogP contribution < -0.4 is 5.56 Å². The van der Waals surface area contributed by atoms with Gasteiger partial charge in [-0.25, -0.2) is 4.98 Å². The number of nitrogens with zero attached hydrogens (tertiary/aromatic N) is 2. The van der Waals surface area contributed by atoms with Crippen molar-refractivity contribution < 1.29 is 10.2 Å². The van der Waals surface area contributed by atoms with E-state index in [0.29, 0.717) is 43.5 Å². The van der Waals surface area contributed by atoms with Gasteiger partial charge in [-0.15, -0.1) is 0 Å². The molecular weight excluding hydrogens is 340 g/mol. The molecule has 6 heteroatoms. The van der Waals surface area contributed by atoms with E-state index in [-0.39, 0.29) is 18.8 Å². The van der Waals surface area contributed by atoms with Crippen molar-refractivity contribution in [1.29, 1.82) is 0 Å². The highest BCUT2D eigenvalue weighted by Crippen LogP contribution is 2.34. The summed E-state index contributed by atoms with van der Waals surface area (Å²) in [7, 11) is 1.70. The molecule has 0 saturated heterocycles. The number of para-hydroxylation sites is 1. The van der Waals surface area contributed by atoms with Crippen molar-refractivity contribution in [3.8, 4) is 0 Å². The highest BCUT2D eigenvalue weighted by atomic mass is 35.5. The molecule has 0 unspecified atom stereocenters. The SMILES string of the molecule is Cn1c(=O)c2cc(CO)c(CO)cc2c2c(Cl)nc3ccccc3c21. The van der Waals surface area contributed by atoms with Crippen molar-refractivity contribution in [2.45, 2.75) is 13.2 Å². The van der Waals surface area contributed by atoms with Crippen LogP contribution in [-0.4, -0.2) is 19.8 Å². The van der Waals surface area contributed by atoms with E-state index in [1.54, 1.807) is 23.7 Å². The van der Waals surface area contributed by atoms with E-state index in [2.05, 4.69) is 4.98 Å². The molecule has 0 aliphatic carbocycles. The van der Waals surface area contributed by atoms with Crippen LogP contribution in [-0.2, 0) is 20.3 Å². The van der Waals surface area contributed by atoms with Crippen molar-refractivity contribution in [1.82, 2.24) is 9.55 Å². The summed E-state index contributed by atoms with van der Waals surface area (Å²) in [5, 5.41) is 22.0. The third-order valence-electron chi connectivity index (χ3n) is 4.64. The highest BCUT2D eigenvalue weighted by Gasteiger charge is 2.17. The van der Waals surface area contributed by atoms with Crippen LogP contribution in [0, 0.1) is 0 Å². The van der Waals surface area contributed by atoms with E-state index >= 15 is 0 Å². The third-order valence-corrected chi connectivity index (χ3v) is 4.91. The van der Waals surface area contributed by atoms with Gasteiger partial charge in [-0.3, -0.25) is 4.79 Å². The third kappa shape index (κ3) is 2.24. The first-order chi connectivity index (χ1) is 12.1. The second kappa shape index (κ2) is 5.81. The van der Waals surface area contributed by atoms with E-state index in [1.807, 2.05) is 24.3 Å². The minimum absolute atomic E-state index is 0.186. The molecule has 2 aromatic heterocycles. The lowest BCUT2D eigenvalue weighted by Gasteiger charge is -2.15. The van der Waals surface area contributed by atoms with Crippen LogP contribution in [0.1, 0.15) is 11.1 Å². The van der Waals surface area contributed by atoms with Crippen molar-refractivity contribution >= 4 is 44.2 Å². The van der Waals surface area contributed by atoms with Gasteiger partial charge in [0.25, 0.3) is 5.56 Å². The maximum atomic E-state index is 12.9. The van der Waals surface area contributed by atoms with Crippen LogP contribution in [0.4, 0.5) is 0 Å². The van der Waals surface area contributed by atoms with Crippen LogP contribution in [0.15, 0.2) is 41.2 Å². The zero-order valence-electron chi connectivity index (χ0n) is 13.5. The predicted molar refractivity (Wildman–Crippen MR) is 98.9 cm³/mol. The molecule has 4 aromatic rings. The Bertz CT molecular complexity index is 1210. The Labute approximate surface area is 147 Å². The number of benzene rings is 2. The molecule has 0 bridgehead atoms. The number of aromatic nitrogens is 2. The normalized spacial score (nSPS) is 11.7. The number of aryl methyl sites for hydroxylation is 1. The minimum Gasteiger partial charge on any atom is -0.392 e. The molecule has 0 saturated carbocycles. The molecule has 0 spiro atoms. The van der Waals surface area contributed by atoms with Gasteiger partial charge in [0, 0.05) is 28.6 Å². The molecule has 0 atom stereocenters. The van der Waals surface area contributed by atoms with Crippen LogP contribution in [0.2, 0.25) is 5.15 Å². The van der Waals surface area contributed by atoms with Crippen LogP contribution in [0.25, 0.3) is 32.6 Å². The van der Waals surface area contributed by atoms with Crippen molar-refractivity contribution in [3.63, 3.8) is 0 Å². The fourth-order valence-corrected chi connectivity index (χ4v) is 3.68. The van der Waals surface area contributed by atoms with Gasteiger partial charge >= 0.3 is 0 Å². The summed E-state index contributed by atoms with van der Waals surface area (Å²) in [6.07, 6.45) is 0. The number of pyridine rings is 2. The molecule has 0 radical (unpaired) electrons. The maximum absolute atomic E-state index is 12.9. The van der Waals surface area contributed by atoms with Gasteiger partial charge in [-0.05, 0) is 29.3 Å². The molecule has 25 heavy (non-hydrogen) atoms. The summed E-state index contributed by atoms with van der Waals surface area (Å²) >= 11 is 6.47. The predicted octanol–water partition coefficient (Wildman–Crippen LogP) is 2.88. The lowest BCUT2D eigenvalue weighted by Crippen LogP contribution is -2.18. The smallest absolute Gasteiger partial charge is 0.258 e. The first-order valence-electron chi connectivity index (χ1n) is 7.81. The van der Waals surface area contributed by atoms with Gasteiger partial charge in [0.2, 0.25) is 0 Å². The standard InChI is InChI=1S/C19H15ClN2O3/c1-22-17-12-4-2-3-5-15(12)21-18(20)16(17)13-6-10(8-23)11(9-24)7-14(13)19(22)25/h2-7,23-24H,8-9H2,1H3. The first-order valence-corrected chi connectivity index (χ1v) is 8.18. The summed E-state index contributed by atoms with van der Waals surface area (Å²) in [5.41, 5.74) is 2.32. The molecule has 0 aliphatic heterocycles. The highest BCUT2D eigenvalue weighted by molar-refractivity contribution is 6.38. The lowest BCUT2D eigenvalue weighted by atomic mass is 9.99. The largest absolute Gasteiger partial charge is 0.392 e. The lowest BCUT2D eigenvalue weighted by molar-refractivity contribution is 0.260. The molecule has 0 aliphatic rings. The monoisotopic (exact) mass is 354 g/mol. The summed E-state index contributed by atoms with van der Waals surface area (Å²) in [5.74, 6) is 0. The van der Waals surface area contributed by atoms with Crippen LogP contribution in [0.5, 0.6) is 0 Å². The number of halogens is 1. The molecule has 2 aromatic carbocycles. The van der Waals surface area contributed by atoms with Crippen molar-refractivity contribution in [2.75, 3.05) is 0 Å². The summed E-state index contributed by atoms with van der Waals surface area (Å²) < 4.78 is 1.56. The number of hydrogen-bond donors (Lipinski definition) is 2. The Hall–Kier alpha value is -2.47. The summed E-state index contributed by atoms with van der Waals surface area (Å²) in [6.45, 7) is -0.488. The van der Waals surface area contributed by atoms with E-state index in [4.69, 9.17) is 11.6 Å². The van der Waals surface area contributed by atoms with Gasteiger partial charge in [0.05, 0.1) is 24.2 Å². The number of fused-ring (bicyclic) bond motifs is 5. The number of aliphatic hydroxyl groups excluding tert-OH is 2. The van der Waals surface area contributed by atoms with Crippen LogP contribution >= 0.6 is 11.6 Å². The molecule has 126 valence electrons. The Kier molecular flexibility index (Phi) is 3.72. The minimum atomic E-state index is -0.253. The fraction of sp³-hybridized carbons (Fsp3) is 0.158. The van der Waals surface area contributed by atoms with E-state index in [0.717, 1.165) is 5.39 Å². The van der Waals surface area contributed by atoms with Gasteiger partial charge in [0.1, 0.15) is 5.15 Å². The Morgan fingerprint density at radius 1 is 1.04 bits per heavy atom. The van der Waals surface area contributed by atoms with Gasteiger partial charge in [0.15, 0.2) is 0 Å². The van der Waals surface area contributed by atoms with Gasteiger partial charge in [-0.1, -0.05) is 29.8 Å². The van der Waals surface area contributed by atoms with Gasteiger partial charge in [-0.2, -0.15) is 0 Å². The Morgan fingerprint density at radius 3 is 2.36 bits per heavy atom. The summed E-state index contributed by atoms with van der Waals surface area (Å²) in [4.78, 5) is 17.4. The summed E-state index contributed by atoms with van der Waals surface area (Å²) in [6, 6.07) is 10.8. The topological polar surface area (TPSA) is 75.4 Å². The van der Waals surface area contributed by atoms with Crippen molar-refractivity contribution in [2.24, 2.45) is 7.05 Å². The second-order valence-electron chi connectivity index (χ2n) is 5.99. The maximum Gasteiger partial charge on any atom is 0.258 e. The Balaban J connectivity index is 2.35. The van der Waals surface area contributed by atoms with E-state index in [9.17, 15) is 15.0 Å². The van der Waals surface area contributed by atoms with Crippen LogP contribution in [0.3, 0.4) is 0 Å². The van der Waals surface area contributed by atoms with Gasteiger partial charge < -0.3 is 14.8 Å². The Morgan fingerprint density at radius 2 is 1.68 bits per heavy atom. The quantitative estimate of drug-likeness (QED) is 0.429. The average molecular weight is 355 g/mol. The first kappa shape index (κ1) is 16.0. The molecule has 4 rings (SSSR count). The average Bonchev–Trinajstić information content (AvgIpc) is 2.64. The molecule has 0 fully saturated rings. The molecule has 2 heterocycles.